The molecule has 25 heavy (non-hydrogen) atoms. The molecule has 0 aliphatic rings. The number of thioether (sulfide) groups is 1. The zero-order chi connectivity index (χ0) is 18.2. The van der Waals surface area contributed by atoms with Gasteiger partial charge in [-0.2, -0.15) is 0 Å². The zero-order valence-corrected chi connectivity index (χ0v) is 16.0. The van der Waals surface area contributed by atoms with Crippen molar-refractivity contribution in [2.75, 3.05) is 18.9 Å². The number of hydrogen-bond donors (Lipinski definition) is 1. The Morgan fingerprint density at radius 3 is 2.76 bits per heavy atom. The summed E-state index contributed by atoms with van der Waals surface area (Å²) < 4.78 is 19.1. The predicted octanol–water partition coefficient (Wildman–Crippen LogP) is 4.87. The van der Waals surface area contributed by atoms with Gasteiger partial charge in [-0.1, -0.05) is 35.3 Å². The van der Waals surface area contributed by atoms with Crippen molar-refractivity contribution in [2.45, 2.75) is 12.7 Å². The second-order valence-corrected chi connectivity index (χ2v) is 7.17. The molecule has 0 saturated carbocycles. The van der Waals surface area contributed by atoms with E-state index in [9.17, 15) is 9.18 Å². The number of amides is 1. The molecule has 0 aliphatic carbocycles. The molecule has 0 heterocycles. The van der Waals surface area contributed by atoms with Crippen molar-refractivity contribution >= 4 is 40.9 Å². The monoisotopic (exact) mass is 401 g/mol. The van der Waals surface area contributed by atoms with Gasteiger partial charge in [0.15, 0.2) is 0 Å². The van der Waals surface area contributed by atoms with Crippen molar-refractivity contribution in [1.82, 2.24) is 5.32 Å². The van der Waals surface area contributed by atoms with Crippen LogP contribution in [0.1, 0.15) is 11.1 Å². The molecule has 0 saturated heterocycles. The number of hydrogen-bond acceptors (Lipinski definition) is 3. The molecular weight excluding hydrogens is 384 g/mol. The number of halogens is 3. The minimum absolute atomic E-state index is 0.120. The van der Waals surface area contributed by atoms with E-state index >= 15 is 0 Å². The summed E-state index contributed by atoms with van der Waals surface area (Å²) in [6.45, 7) is 2.65. The largest absolute Gasteiger partial charge is 0.492 e. The number of aryl methyl sites for hydroxylation is 1. The summed E-state index contributed by atoms with van der Waals surface area (Å²) in [5.41, 5.74) is 1.51. The molecule has 0 bridgehead atoms. The Morgan fingerprint density at radius 1 is 1.24 bits per heavy atom. The molecule has 0 unspecified atom stereocenters. The summed E-state index contributed by atoms with van der Waals surface area (Å²) in [6, 6.07) is 9.99. The number of rotatable bonds is 8. The average Bonchev–Trinajstić information content (AvgIpc) is 2.57. The predicted molar refractivity (Wildman–Crippen MR) is 102 cm³/mol. The Morgan fingerprint density at radius 2 is 2.04 bits per heavy atom. The Bertz CT molecular complexity index is 743. The van der Waals surface area contributed by atoms with E-state index in [1.807, 2.05) is 19.1 Å². The van der Waals surface area contributed by atoms with Crippen LogP contribution in [0.15, 0.2) is 36.4 Å². The van der Waals surface area contributed by atoms with Crippen molar-refractivity contribution in [3.8, 4) is 5.75 Å². The first kappa shape index (κ1) is 19.9. The molecular formula is C18H18Cl2FNO2S. The number of carbonyl (C=O) groups is 1. The molecule has 0 aromatic heterocycles. The lowest BCUT2D eigenvalue weighted by atomic mass is 10.2. The van der Waals surface area contributed by atoms with Crippen molar-refractivity contribution in [3.05, 3.63) is 63.4 Å². The van der Waals surface area contributed by atoms with Gasteiger partial charge in [-0.15, -0.1) is 11.8 Å². The third kappa shape index (κ3) is 6.77. The van der Waals surface area contributed by atoms with Crippen LogP contribution < -0.4 is 10.1 Å². The van der Waals surface area contributed by atoms with E-state index in [0.29, 0.717) is 40.3 Å². The van der Waals surface area contributed by atoms with Gasteiger partial charge in [0.05, 0.1) is 12.3 Å². The number of ether oxygens (including phenoxy) is 1. The molecule has 134 valence electrons. The highest BCUT2D eigenvalue weighted by Gasteiger charge is 2.06. The van der Waals surface area contributed by atoms with E-state index < -0.39 is 0 Å². The third-order valence-corrected chi connectivity index (χ3v) is 4.97. The van der Waals surface area contributed by atoms with Crippen molar-refractivity contribution in [2.24, 2.45) is 0 Å². The first-order valence-electron chi connectivity index (χ1n) is 7.63. The second-order valence-electron chi connectivity index (χ2n) is 5.34. The highest BCUT2D eigenvalue weighted by Crippen LogP contribution is 2.21. The first-order chi connectivity index (χ1) is 12.0. The Kier molecular flexibility index (Phi) is 7.88. The molecule has 7 heteroatoms. The maximum absolute atomic E-state index is 13.6. The Labute approximate surface area is 160 Å². The van der Waals surface area contributed by atoms with Gasteiger partial charge in [0.1, 0.15) is 18.2 Å². The quantitative estimate of drug-likeness (QED) is 0.641. The molecule has 0 fully saturated rings. The minimum Gasteiger partial charge on any atom is -0.492 e. The SMILES string of the molecule is Cc1ccc(OCCNC(=O)CSCc2ccc(Cl)cc2F)cc1Cl. The molecule has 2 aromatic carbocycles. The molecule has 0 spiro atoms. The lowest BCUT2D eigenvalue weighted by Crippen LogP contribution is -2.29. The van der Waals surface area contributed by atoms with Crippen LogP contribution in [0.4, 0.5) is 4.39 Å². The highest BCUT2D eigenvalue weighted by atomic mass is 35.5. The molecule has 0 aliphatic heterocycles. The fourth-order valence-corrected chi connectivity index (χ4v) is 3.14. The molecule has 3 nitrogen and oxygen atoms in total. The number of nitrogens with one attached hydrogen (secondary N) is 1. The van der Waals surface area contributed by atoms with Crippen LogP contribution in [0, 0.1) is 12.7 Å². The molecule has 1 N–H and O–H groups in total. The van der Waals surface area contributed by atoms with Crippen LogP contribution in [0.25, 0.3) is 0 Å². The van der Waals surface area contributed by atoms with Gasteiger partial charge in [0.25, 0.3) is 0 Å². The van der Waals surface area contributed by atoms with Gasteiger partial charge in [0.2, 0.25) is 5.91 Å². The van der Waals surface area contributed by atoms with E-state index in [4.69, 9.17) is 27.9 Å². The molecule has 2 aromatic rings. The van der Waals surface area contributed by atoms with E-state index in [1.165, 1.54) is 17.8 Å². The van der Waals surface area contributed by atoms with E-state index in [-0.39, 0.29) is 17.5 Å². The van der Waals surface area contributed by atoms with Crippen molar-refractivity contribution in [3.63, 3.8) is 0 Å². The normalized spacial score (nSPS) is 10.6. The van der Waals surface area contributed by atoms with Gasteiger partial charge in [-0.05, 0) is 42.3 Å². The Hall–Kier alpha value is -1.43. The van der Waals surface area contributed by atoms with Gasteiger partial charge in [0, 0.05) is 15.8 Å². The number of benzene rings is 2. The van der Waals surface area contributed by atoms with E-state index in [0.717, 1.165) is 5.56 Å². The van der Waals surface area contributed by atoms with E-state index in [2.05, 4.69) is 5.32 Å². The van der Waals surface area contributed by atoms with Crippen LogP contribution in [-0.2, 0) is 10.5 Å². The number of carbonyl (C=O) groups excluding carboxylic acids is 1. The molecule has 1 amide bonds. The summed E-state index contributed by atoms with van der Waals surface area (Å²) in [5, 5.41) is 3.76. The fraction of sp³-hybridized carbons (Fsp3) is 0.278. The van der Waals surface area contributed by atoms with Crippen molar-refractivity contribution < 1.29 is 13.9 Å². The lowest BCUT2D eigenvalue weighted by Gasteiger charge is -2.09. The first-order valence-corrected chi connectivity index (χ1v) is 9.54. The second kappa shape index (κ2) is 9.90. The van der Waals surface area contributed by atoms with Crippen LogP contribution in [0.2, 0.25) is 10.0 Å². The van der Waals surface area contributed by atoms with Crippen LogP contribution in [0.3, 0.4) is 0 Å². The maximum Gasteiger partial charge on any atom is 0.230 e. The van der Waals surface area contributed by atoms with Gasteiger partial charge in [-0.3, -0.25) is 4.79 Å². The van der Waals surface area contributed by atoms with Crippen LogP contribution in [0.5, 0.6) is 5.75 Å². The smallest absolute Gasteiger partial charge is 0.230 e. The third-order valence-electron chi connectivity index (χ3n) is 3.34. The van der Waals surface area contributed by atoms with Gasteiger partial charge in [-0.25, -0.2) is 4.39 Å². The highest BCUT2D eigenvalue weighted by molar-refractivity contribution is 7.99. The molecule has 2 rings (SSSR count). The Balaban J connectivity index is 1.63. The lowest BCUT2D eigenvalue weighted by molar-refractivity contribution is -0.118. The molecule has 0 atom stereocenters. The summed E-state index contributed by atoms with van der Waals surface area (Å²) in [6.07, 6.45) is 0. The van der Waals surface area contributed by atoms with E-state index in [1.54, 1.807) is 18.2 Å². The molecule has 0 radical (unpaired) electrons. The van der Waals surface area contributed by atoms with Gasteiger partial charge >= 0.3 is 0 Å². The fourth-order valence-electron chi connectivity index (χ4n) is 1.97. The summed E-state index contributed by atoms with van der Waals surface area (Å²) in [4.78, 5) is 11.8. The topological polar surface area (TPSA) is 38.3 Å². The van der Waals surface area contributed by atoms with Crippen LogP contribution in [-0.4, -0.2) is 24.8 Å². The average molecular weight is 402 g/mol. The standard InChI is InChI=1S/C18H18Cl2FNO2S/c1-12-2-5-15(9-16(12)20)24-7-6-22-18(23)11-25-10-13-3-4-14(19)8-17(13)21/h2-5,8-9H,6-7,10-11H2,1H3,(H,22,23). The summed E-state index contributed by atoms with van der Waals surface area (Å²) in [7, 11) is 0. The minimum atomic E-state index is -0.356. The summed E-state index contributed by atoms with van der Waals surface area (Å²) >= 11 is 13.1. The van der Waals surface area contributed by atoms with Crippen LogP contribution >= 0.6 is 35.0 Å². The van der Waals surface area contributed by atoms with Gasteiger partial charge < -0.3 is 10.1 Å². The van der Waals surface area contributed by atoms with Crippen molar-refractivity contribution in [1.29, 1.82) is 0 Å². The summed E-state index contributed by atoms with van der Waals surface area (Å²) in [5.74, 6) is 0.848. The zero-order valence-electron chi connectivity index (χ0n) is 13.7. The maximum atomic E-state index is 13.6.